The van der Waals surface area contributed by atoms with Crippen molar-refractivity contribution >= 4 is 17.3 Å². The van der Waals surface area contributed by atoms with Gasteiger partial charge in [-0.1, -0.05) is 6.07 Å². The number of nitrogens with one attached hydrogen (secondary N) is 2. The van der Waals surface area contributed by atoms with Crippen LogP contribution in [0.25, 0.3) is 0 Å². The Hall–Kier alpha value is -1.25. The number of halogens is 2. The number of hydrogen-bond acceptors (Lipinski definition) is 4. The molecule has 2 N–H and O–H groups in total. The first-order chi connectivity index (χ1) is 13.6. The van der Waals surface area contributed by atoms with Crippen molar-refractivity contribution in [3.63, 3.8) is 0 Å². The fraction of sp³-hybridized carbons (Fsp3) is 0.750. The Labute approximate surface area is 171 Å². The second-order valence-corrected chi connectivity index (χ2v) is 8.89. The average molecular weight is 414 g/mol. The lowest BCUT2D eigenvalue weighted by Crippen LogP contribution is -2.50. The summed E-state index contributed by atoms with van der Waals surface area (Å²) >= 11 is 1.84. The molecule has 3 heterocycles. The van der Waals surface area contributed by atoms with Gasteiger partial charge >= 0.3 is 0 Å². The normalized spacial score (nSPS) is 26.0. The van der Waals surface area contributed by atoms with E-state index in [4.69, 9.17) is 0 Å². The molecule has 5 nitrogen and oxygen atoms in total. The first-order valence-electron chi connectivity index (χ1n) is 10.3. The highest BCUT2D eigenvalue weighted by Gasteiger charge is 2.31. The standard InChI is InChI=1S/C20H33F2N5S/c1-23-20(25-16-7-10-27(11-8-16)14-18(21)22)24-13-15-5-3-9-26(2)19(15)17-6-4-12-28-17/h4,6,12,15-16,18-19H,3,5,7-11,13-14H2,1-2H3,(H2,23,24,25). The molecule has 2 atom stereocenters. The molecule has 3 rings (SSSR count). The summed E-state index contributed by atoms with van der Waals surface area (Å²) in [5.74, 6) is 1.37. The molecule has 8 heteroatoms. The van der Waals surface area contributed by atoms with E-state index in [0.717, 1.165) is 31.9 Å². The van der Waals surface area contributed by atoms with Crippen LogP contribution >= 0.6 is 11.3 Å². The van der Waals surface area contributed by atoms with Gasteiger partial charge < -0.3 is 10.6 Å². The summed E-state index contributed by atoms with van der Waals surface area (Å²) in [6.07, 6.45) is 1.93. The molecule has 0 spiro atoms. The van der Waals surface area contributed by atoms with Crippen molar-refractivity contribution < 1.29 is 8.78 Å². The predicted molar refractivity (Wildman–Crippen MR) is 112 cm³/mol. The molecule has 0 saturated carbocycles. The van der Waals surface area contributed by atoms with Crippen LogP contribution in [0.2, 0.25) is 0 Å². The van der Waals surface area contributed by atoms with E-state index in [1.807, 2.05) is 16.2 Å². The SMILES string of the molecule is CN=C(NCC1CCCN(C)C1c1cccs1)NC1CCN(CC(F)F)CC1. The quantitative estimate of drug-likeness (QED) is 0.556. The van der Waals surface area contributed by atoms with E-state index >= 15 is 0 Å². The molecule has 0 bridgehead atoms. The van der Waals surface area contributed by atoms with Crippen LogP contribution < -0.4 is 10.6 Å². The fourth-order valence-corrected chi connectivity index (χ4v) is 5.44. The van der Waals surface area contributed by atoms with Crippen molar-refractivity contribution in [1.29, 1.82) is 0 Å². The smallest absolute Gasteiger partial charge is 0.251 e. The lowest BCUT2D eigenvalue weighted by atomic mass is 9.88. The van der Waals surface area contributed by atoms with E-state index in [-0.39, 0.29) is 6.54 Å². The minimum Gasteiger partial charge on any atom is -0.356 e. The van der Waals surface area contributed by atoms with Gasteiger partial charge in [0.15, 0.2) is 5.96 Å². The van der Waals surface area contributed by atoms with Crippen molar-refractivity contribution in [3.8, 4) is 0 Å². The van der Waals surface area contributed by atoms with Crippen LogP contribution in [-0.4, -0.2) is 75.0 Å². The zero-order valence-electron chi connectivity index (χ0n) is 16.9. The summed E-state index contributed by atoms with van der Waals surface area (Å²) in [7, 11) is 4.02. The van der Waals surface area contributed by atoms with Gasteiger partial charge in [-0.2, -0.15) is 0 Å². The van der Waals surface area contributed by atoms with Gasteiger partial charge in [0.2, 0.25) is 0 Å². The molecule has 1 aromatic heterocycles. The molecular formula is C20H33F2N5S. The van der Waals surface area contributed by atoms with Crippen LogP contribution in [0.3, 0.4) is 0 Å². The Morgan fingerprint density at radius 2 is 2.07 bits per heavy atom. The number of likely N-dealkylation sites (tertiary alicyclic amines) is 2. The molecule has 0 radical (unpaired) electrons. The van der Waals surface area contributed by atoms with Gasteiger partial charge in [-0.05, 0) is 56.6 Å². The highest BCUT2D eigenvalue weighted by atomic mass is 32.1. The lowest BCUT2D eigenvalue weighted by molar-refractivity contribution is 0.0744. The summed E-state index contributed by atoms with van der Waals surface area (Å²) in [5.41, 5.74) is 0. The van der Waals surface area contributed by atoms with Gasteiger partial charge in [0.1, 0.15) is 0 Å². The maximum Gasteiger partial charge on any atom is 0.251 e. The number of alkyl halides is 2. The Morgan fingerprint density at radius 1 is 1.29 bits per heavy atom. The third-order valence-electron chi connectivity index (χ3n) is 5.92. The molecule has 0 aromatic carbocycles. The van der Waals surface area contributed by atoms with Crippen molar-refractivity contribution in [2.75, 3.05) is 46.8 Å². The molecule has 1 aromatic rings. The maximum absolute atomic E-state index is 12.5. The Kier molecular flexibility index (Phi) is 8.05. The average Bonchev–Trinajstić information content (AvgIpc) is 3.20. The summed E-state index contributed by atoms with van der Waals surface area (Å²) < 4.78 is 25.1. The summed E-state index contributed by atoms with van der Waals surface area (Å²) in [6, 6.07) is 5.12. The Balaban J connectivity index is 1.48. The molecule has 0 aliphatic carbocycles. The topological polar surface area (TPSA) is 42.9 Å². The number of guanidine groups is 1. The number of thiophene rings is 1. The van der Waals surface area contributed by atoms with Crippen LogP contribution in [0.1, 0.15) is 36.6 Å². The molecule has 0 amide bonds. The van der Waals surface area contributed by atoms with Crippen molar-refractivity contribution in [2.45, 2.75) is 44.2 Å². The Morgan fingerprint density at radius 3 is 2.71 bits per heavy atom. The second kappa shape index (κ2) is 10.5. The van der Waals surface area contributed by atoms with Crippen molar-refractivity contribution in [1.82, 2.24) is 20.4 Å². The third kappa shape index (κ3) is 5.87. The van der Waals surface area contributed by atoms with Crippen LogP contribution in [0.15, 0.2) is 22.5 Å². The van der Waals surface area contributed by atoms with Gasteiger partial charge in [0, 0.05) is 43.6 Å². The first kappa shape index (κ1) is 21.5. The summed E-state index contributed by atoms with van der Waals surface area (Å²) in [4.78, 5) is 10.1. The third-order valence-corrected chi connectivity index (χ3v) is 6.86. The minimum atomic E-state index is -2.25. The summed E-state index contributed by atoms with van der Waals surface area (Å²) in [6.45, 7) is 3.35. The van der Waals surface area contributed by atoms with Gasteiger partial charge in [-0.15, -0.1) is 11.3 Å². The minimum absolute atomic E-state index is 0.112. The van der Waals surface area contributed by atoms with Crippen molar-refractivity contribution in [3.05, 3.63) is 22.4 Å². The molecule has 2 saturated heterocycles. The highest BCUT2D eigenvalue weighted by Crippen LogP contribution is 2.36. The lowest BCUT2D eigenvalue weighted by Gasteiger charge is -2.39. The van der Waals surface area contributed by atoms with Gasteiger partial charge in [-0.3, -0.25) is 14.8 Å². The summed E-state index contributed by atoms with van der Waals surface area (Å²) in [5, 5.41) is 9.18. The van der Waals surface area contributed by atoms with Crippen molar-refractivity contribution in [2.24, 2.45) is 10.9 Å². The predicted octanol–water partition coefficient (Wildman–Crippen LogP) is 3.03. The molecule has 2 aliphatic heterocycles. The van der Waals surface area contributed by atoms with Crippen LogP contribution in [0, 0.1) is 5.92 Å². The number of aliphatic imine (C=N–C) groups is 1. The van der Waals surface area contributed by atoms with Crippen LogP contribution in [0.5, 0.6) is 0 Å². The number of rotatable bonds is 6. The van der Waals surface area contributed by atoms with E-state index in [9.17, 15) is 8.78 Å². The first-order valence-corrected chi connectivity index (χ1v) is 11.2. The monoisotopic (exact) mass is 413 g/mol. The zero-order valence-corrected chi connectivity index (χ0v) is 17.7. The van der Waals surface area contributed by atoms with Gasteiger partial charge in [-0.25, -0.2) is 8.78 Å². The molecule has 28 heavy (non-hydrogen) atoms. The van der Waals surface area contributed by atoms with E-state index in [0.29, 0.717) is 31.1 Å². The second-order valence-electron chi connectivity index (χ2n) is 7.91. The molecule has 2 fully saturated rings. The van der Waals surface area contributed by atoms with E-state index < -0.39 is 6.43 Å². The fourth-order valence-electron chi connectivity index (χ4n) is 4.45. The Bertz CT molecular complexity index is 602. The number of piperidine rings is 2. The maximum atomic E-state index is 12.5. The van der Waals surface area contributed by atoms with Gasteiger partial charge in [0.05, 0.1) is 6.54 Å². The van der Waals surface area contributed by atoms with E-state index in [1.54, 1.807) is 7.05 Å². The number of nitrogens with zero attached hydrogens (tertiary/aromatic N) is 3. The number of hydrogen-bond donors (Lipinski definition) is 2. The molecular weight excluding hydrogens is 380 g/mol. The zero-order chi connectivity index (χ0) is 19.9. The van der Waals surface area contributed by atoms with E-state index in [2.05, 4.69) is 45.1 Å². The molecule has 158 valence electrons. The van der Waals surface area contributed by atoms with Gasteiger partial charge in [0.25, 0.3) is 6.43 Å². The molecule has 2 aliphatic rings. The molecule has 2 unspecified atom stereocenters. The van der Waals surface area contributed by atoms with E-state index in [1.165, 1.54) is 17.7 Å². The van der Waals surface area contributed by atoms with Crippen LogP contribution in [-0.2, 0) is 0 Å². The largest absolute Gasteiger partial charge is 0.356 e. The van der Waals surface area contributed by atoms with Crippen LogP contribution in [0.4, 0.5) is 8.78 Å². The highest BCUT2D eigenvalue weighted by molar-refractivity contribution is 7.10.